The number of aliphatic hydroxyl groups is 8. The van der Waals surface area contributed by atoms with Gasteiger partial charge < -0.3 is 59.8 Å². The summed E-state index contributed by atoms with van der Waals surface area (Å²) in [7, 11) is -4.72. The molecule has 0 amide bonds. The molecule has 0 aromatic heterocycles. The number of carbonyl (C=O) groups excluding carboxylic acids is 1. The van der Waals surface area contributed by atoms with Gasteiger partial charge in [0.15, 0.2) is 6.29 Å². The molecule has 2 heterocycles. The van der Waals surface area contributed by atoms with Gasteiger partial charge in [-0.25, -0.2) is 4.18 Å². The van der Waals surface area contributed by atoms with Crippen LogP contribution < -0.4 is 0 Å². The fraction of sp³-hybridized carbons (Fsp3) is 0.929. The van der Waals surface area contributed by atoms with Crippen molar-refractivity contribution in [3.8, 4) is 0 Å². The number of fused-ring (bicyclic) bond motifs is 7. The van der Waals surface area contributed by atoms with E-state index in [1.165, 1.54) is 5.57 Å². The van der Waals surface area contributed by atoms with E-state index in [-0.39, 0.29) is 46.0 Å². The molecule has 9 N–H and O–H groups in total. The van der Waals surface area contributed by atoms with E-state index < -0.39 is 108 Å². The van der Waals surface area contributed by atoms with E-state index in [0.717, 1.165) is 19.3 Å². The highest BCUT2D eigenvalue weighted by Crippen LogP contribution is 2.76. The predicted octanol–water partition coefficient (Wildman–Crippen LogP) is 1.12. The lowest BCUT2D eigenvalue weighted by Crippen LogP contribution is -2.66. The van der Waals surface area contributed by atoms with Gasteiger partial charge in [0.25, 0.3) is 0 Å². The maximum absolute atomic E-state index is 14.8. The number of rotatable bonds is 9. The fourth-order valence-electron chi connectivity index (χ4n) is 13.6. The Morgan fingerprint density at radius 1 is 0.767 bits per heavy atom. The third-order valence-corrected chi connectivity index (χ3v) is 17.9. The van der Waals surface area contributed by atoms with Gasteiger partial charge in [0.05, 0.1) is 31.3 Å². The largest absolute Gasteiger partial charge is 0.432 e. The van der Waals surface area contributed by atoms with Gasteiger partial charge >= 0.3 is 16.4 Å². The summed E-state index contributed by atoms with van der Waals surface area (Å²) in [6.45, 7) is 11.6. The Labute approximate surface area is 352 Å². The summed E-state index contributed by atoms with van der Waals surface area (Å²) < 4.78 is 60.8. The molecule has 4 saturated carbocycles. The van der Waals surface area contributed by atoms with Crippen LogP contribution in [0.3, 0.4) is 0 Å². The van der Waals surface area contributed by atoms with Crippen LogP contribution in [0.2, 0.25) is 0 Å². The Morgan fingerprint density at radius 3 is 2.03 bits per heavy atom. The van der Waals surface area contributed by atoms with Gasteiger partial charge in [0.1, 0.15) is 48.8 Å². The van der Waals surface area contributed by atoms with Crippen LogP contribution in [0.1, 0.15) is 106 Å². The van der Waals surface area contributed by atoms with E-state index in [4.69, 9.17) is 23.1 Å². The van der Waals surface area contributed by atoms with Crippen LogP contribution >= 0.6 is 0 Å². The van der Waals surface area contributed by atoms with Gasteiger partial charge in [-0.2, -0.15) is 8.42 Å². The molecule has 17 nitrogen and oxygen atoms in total. The van der Waals surface area contributed by atoms with Crippen molar-refractivity contribution >= 4 is 16.4 Å². The molecule has 344 valence electrons. The molecule has 0 radical (unpaired) electrons. The average Bonchev–Trinajstić information content (AvgIpc) is 3.18. The lowest BCUT2D eigenvalue weighted by Gasteiger charge is -2.71. The van der Waals surface area contributed by atoms with Crippen molar-refractivity contribution in [2.75, 3.05) is 19.8 Å². The third-order valence-electron chi connectivity index (χ3n) is 17.5. The Bertz CT molecular complexity index is 1760. The minimum Gasteiger partial charge on any atom is -0.432 e. The Morgan fingerprint density at radius 2 is 1.38 bits per heavy atom. The monoisotopic (exact) mass is 876 g/mol. The second-order valence-corrected chi connectivity index (χ2v) is 22.2. The van der Waals surface area contributed by atoms with Gasteiger partial charge in [-0.1, -0.05) is 53.2 Å². The zero-order valence-electron chi connectivity index (χ0n) is 35.6. The summed E-state index contributed by atoms with van der Waals surface area (Å²) in [5, 5.41) is 84.5. The fourth-order valence-corrected chi connectivity index (χ4v) is 14.0. The number of hydrogen-bond acceptors (Lipinski definition) is 16. The molecule has 0 spiro atoms. The van der Waals surface area contributed by atoms with Crippen molar-refractivity contribution in [1.82, 2.24) is 0 Å². The van der Waals surface area contributed by atoms with E-state index in [0.29, 0.717) is 44.9 Å². The van der Waals surface area contributed by atoms with Crippen LogP contribution in [0.15, 0.2) is 11.6 Å². The van der Waals surface area contributed by atoms with Crippen molar-refractivity contribution in [3.63, 3.8) is 0 Å². The van der Waals surface area contributed by atoms with E-state index in [1.54, 1.807) is 0 Å². The molecule has 5 aliphatic carbocycles. The van der Waals surface area contributed by atoms with Crippen LogP contribution in [0, 0.1) is 50.2 Å². The topological polar surface area (TPSA) is 279 Å². The number of aliphatic hydroxyl groups excluding tert-OH is 8. The summed E-state index contributed by atoms with van der Waals surface area (Å²) >= 11 is 0. The van der Waals surface area contributed by atoms with Crippen LogP contribution in [-0.2, 0) is 38.3 Å². The number of ether oxygens (including phenoxy) is 4. The van der Waals surface area contributed by atoms with E-state index >= 15 is 0 Å². The zero-order chi connectivity index (χ0) is 44.2. The molecular weight excluding hydrogens is 809 g/mol. The first-order valence-corrected chi connectivity index (χ1v) is 23.0. The van der Waals surface area contributed by atoms with Crippen LogP contribution in [-0.4, -0.2) is 147 Å². The van der Waals surface area contributed by atoms with Gasteiger partial charge in [0.2, 0.25) is 6.29 Å². The predicted molar refractivity (Wildman–Crippen MR) is 209 cm³/mol. The van der Waals surface area contributed by atoms with E-state index in [1.807, 2.05) is 6.92 Å². The molecule has 2 saturated heterocycles. The second kappa shape index (κ2) is 16.0. The van der Waals surface area contributed by atoms with Crippen molar-refractivity contribution in [2.24, 2.45) is 50.2 Å². The standard InChI is InChI=1S/C42H68O17S/c1-37(2)13-15-42(36(51)59-35-33(50)31(48)29(46)24(58-35)19-55-34-32(49)30(47)28(45)23(18-43)57-34)16-14-40(5)21(22(42)17-37)7-8-26-38(3)11-10-27(44)39(4,20-56-60(52,53)54)25(38)9-12-41(26,40)6/h7,22-35,43-50H,8-20H2,1-6H3,(H,52,53,54)/t22-,23+,24+,25-,26-,27-,28+,29+,30-,31-,32+,33+,34+,35-,38+,39-,40-,41-,42-/m1/s1. The smallest absolute Gasteiger partial charge is 0.397 e. The maximum atomic E-state index is 14.8. The number of carbonyl (C=O) groups is 1. The molecule has 0 aromatic carbocycles. The molecule has 19 atom stereocenters. The maximum Gasteiger partial charge on any atom is 0.397 e. The number of hydrogen-bond donors (Lipinski definition) is 9. The minimum atomic E-state index is -4.72. The van der Waals surface area contributed by atoms with Gasteiger partial charge in [-0.3, -0.25) is 9.35 Å². The van der Waals surface area contributed by atoms with Gasteiger partial charge in [-0.05, 0) is 104 Å². The highest BCUT2D eigenvalue weighted by atomic mass is 32.3. The van der Waals surface area contributed by atoms with Gasteiger partial charge in [-0.15, -0.1) is 0 Å². The molecule has 0 bridgehead atoms. The van der Waals surface area contributed by atoms with Crippen molar-refractivity contribution in [2.45, 2.75) is 173 Å². The molecule has 60 heavy (non-hydrogen) atoms. The molecule has 0 unspecified atom stereocenters. The first kappa shape index (κ1) is 46.6. The summed E-state index contributed by atoms with van der Waals surface area (Å²) in [5.41, 5.74) is -1.67. The highest BCUT2D eigenvalue weighted by Gasteiger charge is 2.70. The first-order chi connectivity index (χ1) is 27.8. The number of allylic oxidation sites excluding steroid dienone is 2. The van der Waals surface area contributed by atoms with Crippen molar-refractivity contribution in [1.29, 1.82) is 0 Å². The first-order valence-electron chi connectivity index (χ1n) is 21.6. The molecular formula is C42H68O17S. The lowest BCUT2D eigenvalue weighted by molar-refractivity contribution is -0.328. The molecule has 0 aromatic rings. The minimum absolute atomic E-state index is 0.0828. The summed E-state index contributed by atoms with van der Waals surface area (Å²) in [6.07, 6.45) is -8.27. The summed E-state index contributed by atoms with van der Waals surface area (Å²) in [6, 6.07) is 0. The molecule has 7 rings (SSSR count). The van der Waals surface area contributed by atoms with Crippen LogP contribution in [0.25, 0.3) is 0 Å². The van der Waals surface area contributed by atoms with E-state index in [9.17, 15) is 58.6 Å². The average molecular weight is 877 g/mol. The summed E-state index contributed by atoms with van der Waals surface area (Å²) in [5.74, 6) is -0.724. The normalized spacial score (nSPS) is 51.5. The van der Waals surface area contributed by atoms with Crippen LogP contribution in [0.5, 0.6) is 0 Å². The highest BCUT2D eigenvalue weighted by molar-refractivity contribution is 7.80. The SMILES string of the molecule is CC1(C)CC[C@@]2(C(=O)O[C@H]3O[C@@H](CO[C@H]4O[C@@H](CO)[C@H](O)[C@@H](O)[C@@H]4O)[C@H](O)[C@@H](O)[C@@H]3O)CC[C@]3(C)C(=CC[C@@H]4[C@@]5(C)CC[C@@H](O)[C@](C)(COS(=O)(=O)O)[C@@H]5CC[C@]43C)[C@H]2C1. The summed E-state index contributed by atoms with van der Waals surface area (Å²) in [4.78, 5) is 14.8. The molecule has 7 aliphatic rings. The number of esters is 1. The van der Waals surface area contributed by atoms with Crippen molar-refractivity contribution in [3.05, 3.63) is 11.6 Å². The Hall–Kier alpha value is -1.36. The Balaban J connectivity index is 1.13. The molecule has 6 fully saturated rings. The van der Waals surface area contributed by atoms with Crippen LogP contribution in [0.4, 0.5) is 0 Å². The third kappa shape index (κ3) is 7.43. The lowest BCUT2D eigenvalue weighted by atomic mass is 9.33. The van der Waals surface area contributed by atoms with Crippen molar-refractivity contribution < 1.29 is 81.7 Å². The second-order valence-electron chi connectivity index (χ2n) is 21.1. The molecule has 2 aliphatic heterocycles. The molecule has 18 heteroatoms. The quantitative estimate of drug-likeness (QED) is 0.0892. The Kier molecular flexibility index (Phi) is 12.4. The van der Waals surface area contributed by atoms with Gasteiger partial charge in [0, 0.05) is 5.41 Å². The zero-order valence-corrected chi connectivity index (χ0v) is 36.4. The van der Waals surface area contributed by atoms with E-state index in [2.05, 4.69) is 40.7 Å².